The third-order valence-electron chi connectivity index (χ3n) is 4.17. The molecule has 110 valence electrons. The lowest BCUT2D eigenvalue weighted by atomic mass is 9.85. The molecule has 0 heterocycles. The molecule has 0 aromatic heterocycles. The summed E-state index contributed by atoms with van der Waals surface area (Å²) in [5.41, 5.74) is 11.5. The highest BCUT2D eigenvalue weighted by Gasteiger charge is 2.43. The van der Waals surface area contributed by atoms with E-state index >= 15 is 0 Å². The zero-order valence-corrected chi connectivity index (χ0v) is 11.5. The number of nitrogens with two attached hydrogens (primary N) is 2. The molecule has 5 nitrogen and oxygen atoms in total. The molecular weight excluding hydrogens is 256 g/mol. The number of hydrogen-bond acceptors (Lipinski definition) is 4. The van der Waals surface area contributed by atoms with E-state index in [-0.39, 0.29) is 12.5 Å². The van der Waals surface area contributed by atoms with Crippen LogP contribution in [0.15, 0.2) is 24.3 Å². The van der Waals surface area contributed by atoms with E-state index in [1.165, 1.54) is 0 Å². The average molecular weight is 278 g/mol. The van der Waals surface area contributed by atoms with E-state index in [4.69, 9.17) is 21.3 Å². The van der Waals surface area contributed by atoms with Crippen LogP contribution in [-0.2, 0) is 11.4 Å². The van der Waals surface area contributed by atoms with Gasteiger partial charge in [0.25, 0.3) is 0 Å². The van der Waals surface area contributed by atoms with Crippen molar-refractivity contribution in [3.8, 4) is 5.75 Å². The van der Waals surface area contributed by atoms with Gasteiger partial charge >= 0.3 is 0 Å². The molecule has 0 radical (unpaired) electrons. The van der Waals surface area contributed by atoms with E-state index in [1.54, 1.807) is 0 Å². The van der Waals surface area contributed by atoms with Gasteiger partial charge in [0.2, 0.25) is 5.91 Å². The minimum atomic E-state index is -0.871. The number of primary amides is 1. The smallest absolute Gasteiger partial charge is 0.237 e. The molecule has 2 unspecified atom stereocenters. The fraction of sp³-hybridized carbons (Fsp3) is 0.533. The zero-order chi connectivity index (χ0) is 14.6. The number of amides is 1. The predicted octanol–water partition coefficient (Wildman–Crippen LogP) is 0.931. The van der Waals surface area contributed by atoms with Crippen molar-refractivity contribution in [3.05, 3.63) is 29.8 Å². The summed E-state index contributed by atoms with van der Waals surface area (Å²) >= 11 is 0. The Labute approximate surface area is 118 Å². The number of hydrogen-bond donors (Lipinski definition) is 3. The maximum Gasteiger partial charge on any atom is 0.237 e. The van der Waals surface area contributed by atoms with E-state index in [2.05, 4.69) is 0 Å². The van der Waals surface area contributed by atoms with Gasteiger partial charge in [-0.1, -0.05) is 18.6 Å². The van der Waals surface area contributed by atoms with Gasteiger partial charge in [-0.3, -0.25) is 4.79 Å². The highest BCUT2D eigenvalue weighted by Crippen LogP contribution is 2.35. The lowest BCUT2D eigenvalue weighted by Crippen LogP contribution is -2.54. The molecule has 0 bridgehead atoms. The standard InChI is InChI=1S/C15H22N2O3/c16-14(19)15(17)8-1-2-12(15)7-9-20-13-5-3-11(10-18)4-6-13/h3-6,12,18H,1-2,7-10,17H2,(H2,16,19). The summed E-state index contributed by atoms with van der Waals surface area (Å²) in [4.78, 5) is 11.5. The summed E-state index contributed by atoms with van der Waals surface area (Å²) in [6.07, 6.45) is 3.25. The SMILES string of the molecule is NC(=O)C1(N)CCCC1CCOc1ccc(CO)cc1. The van der Waals surface area contributed by atoms with Gasteiger partial charge in [0, 0.05) is 0 Å². The molecule has 1 saturated carbocycles. The molecule has 0 aliphatic heterocycles. The summed E-state index contributed by atoms with van der Waals surface area (Å²) in [5.74, 6) is 0.436. The Morgan fingerprint density at radius 1 is 1.40 bits per heavy atom. The first-order valence-electron chi connectivity index (χ1n) is 6.97. The van der Waals surface area contributed by atoms with Gasteiger partial charge in [-0.2, -0.15) is 0 Å². The van der Waals surface area contributed by atoms with Crippen molar-refractivity contribution in [2.45, 2.75) is 37.8 Å². The molecule has 0 saturated heterocycles. The fourth-order valence-corrected chi connectivity index (χ4v) is 2.84. The predicted molar refractivity (Wildman–Crippen MR) is 75.9 cm³/mol. The molecule has 2 atom stereocenters. The summed E-state index contributed by atoms with van der Waals surface area (Å²) in [6, 6.07) is 7.29. The van der Waals surface area contributed by atoms with Crippen LogP contribution in [0, 0.1) is 5.92 Å². The minimum absolute atomic E-state index is 0.0245. The zero-order valence-electron chi connectivity index (χ0n) is 11.5. The molecule has 1 fully saturated rings. The molecular formula is C15H22N2O3. The van der Waals surface area contributed by atoms with Crippen molar-refractivity contribution in [1.82, 2.24) is 0 Å². The van der Waals surface area contributed by atoms with Gasteiger partial charge in [0.1, 0.15) is 5.75 Å². The van der Waals surface area contributed by atoms with E-state index in [0.717, 1.165) is 30.6 Å². The Bertz CT molecular complexity index is 461. The highest BCUT2D eigenvalue weighted by molar-refractivity contribution is 5.85. The van der Waals surface area contributed by atoms with Gasteiger partial charge in [-0.15, -0.1) is 0 Å². The molecule has 5 N–H and O–H groups in total. The minimum Gasteiger partial charge on any atom is -0.494 e. The number of aliphatic hydroxyl groups excluding tert-OH is 1. The van der Waals surface area contributed by atoms with Crippen LogP contribution >= 0.6 is 0 Å². The van der Waals surface area contributed by atoms with Crippen molar-refractivity contribution in [1.29, 1.82) is 0 Å². The second kappa shape index (κ2) is 6.24. The normalized spacial score (nSPS) is 25.6. The first-order valence-corrected chi connectivity index (χ1v) is 6.97. The average Bonchev–Trinajstić information content (AvgIpc) is 2.82. The lowest BCUT2D eigenvalue weighted by molar-refractivity contribution is -0.124. The monoisotopic (exact) mass is 278 g/mol. The van der Waals surface area contributed by atoms with Gasteiger partial charge < -0.3 is 21.3 Å². The Morgan fingerprint density at radius 2 is 2.10 bits per heavy atom. The molecule has 1 aromatic carbocycles. The molecule has 0 spiro atoms. The van der Waals surface area contributed by atoms with E-state index < -0.39 is 11.4 Å². The number of ether oxygens (including phenoxy) is 1. The van der Waals surface area contributed by atoms with Crippen LogP contribution in [0.5, 0.6) is 5.75 Å². The van der Waals surface area contributed by atoms with Crippen molar-refractivity contribution in [2.24, 2.45) is 17.4 Å². The quantitative estimate of drug-likeness (QED) is 0.721. The number of carbonyl (C=O) groups is 1. The number of benzene rings is 1. The Kier molecular flexibility index (Phi) is 4.62. The van der Waals surface area contributed by atoms with Crippen LogP contribution in [0.4, 0.5) is 0 Å². The third-order valence-corrected chi connectivity index (χ3v) is 4.17. The molecule has 20 heavy (non-hydrogen) atoms. The van der Waals surface area contributed by atoms with Gasteiger partial charge in [0.15, 0.2) is 0 Å². The second-order valence-corrected chi connectivity index (χ2v) is 5.43. The largest absolute Gasteiger partial charge is 0.494 e. The summed E-state index contributed by atoms with van der Waals surface area (Å²) in [7, 11) is 0. The highest BCUT2D eigenvalue weighted by atomic mass is 16.5. The van der Waals surface area contributed by atoms with Crippen molar-refractivity contribution in [2.75, 3.05) is 6.61 Å². The van der Waals surface area contributed by atoms with Crippen molar-refractivity contribution >= 4 is 5.91 Å². The van der Waals surface area contributed by atoms with Gasteiger partial charge in [-0.05, 0) is 42.9 Å². The first kappa shape index (κ1) is 14.8. The summed E-state index contributed by atoms with van der Waals surface area (Å²) < 4.78 is 5.65. The van der Waals surface area contributed by atoms with Gasteiger partial charge in [-0.25, -0.2) is 0 Å². The van der Waals surface area contributed by atoms with E-state index in [0.29, 0.717) is 13.0 Å². The Hall–Kier alpha value is -1.59. The Balaban J connectivity index is 1.84. The van der Waals surface area contributed by atoms with Crippen LogP contribution < -0.4 is 16.2 Å². The van der Waals surface area contributed by atoms with Crippen LogP contribution in [-0.4, -0.2) is 23.2 Å². The topological polar surface area (TPSA) is 98.6 Å². The molecule has 1 aromatic rings. The molecule has 5 heteroatoms. The maximum absolute atomic E-state index is 11.5. The third kappa shape index (κ3) is 3.11. The van der Waals surface area contributed by atoms with E-state index in [1.807, 2.05) is 24.3 Å². The van der Waals surface area contributed by atoms with Crippen LogP contribution in [0.1, 0.15) is 31.2 Å². The van der Waals surface area contributed by atoms with Crippen LogP contribution in [0.3, 0.4) is 0 Å². The number of aliphatic hydroxyl groups is 1. The van der Waals surface area contributed by atoms with Crippen molar-refractivity contribution in [3.63, 3.8) is 0 Å². The maximum atomic E-state index is 11.5. The summed E-state index contributed by atoms with van der Waals surface area (Å²) in [5, 5.41) is 8.96. The molecule has 1 amide bonds. The van der Waals surface area contributed by atoms with Crippen molar-refractivity contribution < 1.29 is 14.6 Å². The van der Waals surface area contributed by atoms with Crippen LogP contribution in [0.25, 0.3) is 0 Å². The summed E-state index contributed by atoms with van der Waals surface area (Å²) in [6.45, 7) is 0.534. The second-order valence-electron chi connectivity index (χ2n) is 5.43. The molecule has 2 rings (SSSR count). The number of rotatable bonds is 6. The van der Waals surface area contributed by atoms with Crippen LogP contribution in [0.2, 0.25) is 0 Å². The van der Waals surface area contributed by atoms with E-state index in [9.17, 15) is 4.79 Å². The first-order chi connectivity index (χ1) is 9.56. The molecule has 1 aliphatic carbocycles. The molecule has 1 aliphatic rings. The van der Waals surface area contributed by atoms with Gasteiger partial charge in [0.05, 0.1) is 18.8 Å². The lowest BCUT2D eigenvalue weighted by Gasteiger charge is -2.27. The Morgan fingerprint density at radius 3 is 2.70 bits per heavy atom. The fourth-order valence-electron chi connectivity index (χ4n) is 2.84. The number of carbonyl (C=O) groups excluding carboxylic acids is 1.